The van der Waals surface area contributed by atoms with Crippen molar-refractivity contribution in [1.29, 1.82) is 0 Å². The van der Waals surface area contributed by atoms with Crippen LogP contribution in [-0.2, 0) is 5.11 Å². The van der Waals surface area contributed by atoms with Gasteiger partial charge in [0.2, 0.25) is 0 Å². The molecule has 0 bridgehead atoms. The van der Waals surface area contributed by atoms with Crippen molar-refractivity contribution in [2.24, 2.45) is 0 Å². The van der Waals surface area contributed by atoms with E-state index in [1.54, 1.807) is 0 Å². The molecule has 0 fully saturated rings. The highest BCUT2D eigenvalue weighted by Gasteiger charge is 2.18. The van der Waals surface area contributed by atoms with Crippen LogP contribution >= 0.6 is 9.24 Å². The number of carbonyl (C=O) groups is 1. The summed E-state index contributed by atoms with van der Waals surface area (Å²) in [5.41, 5.74) is 3.46. The Hall–Kier alpha value is -0.720. The number of hydrogen-bond acceptors (Lipinski definition) is 1. The maximum atomic E-state index is 11.6. The molecule has 0 aliphatic heterocycles. The minimum atomic E-state index is -1.25. The van der Waals surface area contributed by atoms with Gasteiger partial charge in [-0.1, -0.05) is 26.9 Å². The molecule has 2 atom stereocenters. The molecule has 3 heteroatoms. The van der Waals surface area contributed by atoms with Gasteiger partial charge in [-0.15, -0.1) is 0 Å². The molecule has 1 rings (SSSR count). The highest BCUT2D eigenvalue weighted by Crippen LogP contribution is 2.19. The summed E-state index contributed by atoms with van der Waals surface area (Å²) in [6.07, 6.45) is 0. The lowest BCUT2D eigenvalue weighted by Gasteiger charge is -2.10. The third kappa shape index (κ3) is 2.20. The number of carbonyl (C=O) groups excluding carboxylic acids is 1. The van der Waals surface area contributed by atoms with Crippen molar-refractivity contribution in [1.82, 2.24) is 0 Å². The summed E-state index contributed by atoms with van der Waals surface area (Å²) < 4.78 is 0. The molecular weight excluding hydrogens is 195 g/mol. The molecule has 1 aromatic rings. The fraction of sp³-hybridized carbons (Fsp3) is 0.364. The molecule has 14 heavy (non-hydrogen) atoms. The van der Waals surface area contributed by atoms with E-state index in [1.807, 2.05) is 42.1 Å². The molecule has 0 aliphatic rings. The first-order valence-electron chi connectivity index (χ1n) is 4.47. The predicted molar refractivity (Wildman–Crippen MR) is 59.2 cm³/mol. The highest BCUT2D eigenvalue weighted by atomic mass is 31.0. The summed E-state index contributed by atoms with van der Waals surface area (Å²) in [5, 5.41) is 11.0. The number of rotatable bonds is 2. The van der Waals surface area contributed by atoms with Gasteiger partial charge in [0, 0.05) is 5.56 Å². The van der Waals surface area contributed by atoms with Gasteiger partial charge in [0.1, 0.15) is 0 Å². The molecule has 75 valence electrons. The minimum absolute atomic E-state index is 0.343. The first kappa shape index (κ1) is 11.4. The summed E-state index contributed by atoms with van der Waals surface area (Å²) >= 11 is 0. The van der Waals surface area contributed by atoms with Gasteiger partial charge < -0.3 is 0 Å². The van der Waals surface area contributed by atoms with Gasteiger partial charge in [0.05, 0.1) is 0 Å². The van der Waals surface area contributed by atoms with Crippen LogP contribution in [0.5, 0.6) is 0 Å². The Bertz CT molecular complexity index is 347. The lowest BCUT2D eigenvalue weighted by atomic mass is 9.97. The van der Waals surface area contributed by atoms with E-state index in [4.69, 9.17) is 0 Å². The van der Waals surface area contributed by atoms with Crippen molar-refractivity contribution in [2.75, 3.05) is 0 Å². The second kappa shape index (κ2) is 4.20. The average molecular weight is 209 g/mol. The maximum Gasteiger partial charge on any atom is 0.199 e. The smallest absolute Gasteiger partial charge is 0.199 e. The second-order valence-electron chi connectivity index (χ2n) is 3.56. The Balaban J connectivity index is 3.28. The van der Waals surface area contributed by atoms with E-state index in [0.29, 0.717) is 5.56 Å². The molecule has 0 aromatic heterocycles. The SMILES string of the molecule is Cc1cc(C)c(C(=O)C([O])P)c(C)c1. The van der Waals surface area contributed by atoms with Crippen molar-refractivity contribution in [3.63, 3.8) is 0 Å². The van der Waals surface area contributed by atoms with Gasteiger partial charge in [-0.3, -0.25) is 4.79 Å². The summed E-state index contributed by atoms with van der Waals surface area (Å²) in [6, 6.07) is 3.85. The van der Waals surface area contributed by atoms with Crippen molar-refractivity contribution >= 4 is 15.0 Å². The molecule has 0 saturated carbocycles. The molecule has 0 saturated heterocycles. The van der Waals surface area contributed by atoms with Gasteiger partial charge in [-0.05, 0) is 31.9 Å². The van der Waals surface area contributed by atoms with Crippen LogP contribution in [0.1, 0.15) is 27.0 Å². The molecule has 1 radical (unpaired) electrons. The number of ketones is 1. The van der Waals surface area contributed by atoms with E-state index in [0.717, 1.165) is 16.7 Å². The van der Waals surface area contributed by atoms with E-state index < -0.39 is 5.85 Å². The average Bonchev–Trinajstić information content (AvgIpc) is 2.01. The van der Waals surface area contributed by atoms with Crippen LogP contribution in [0.4, 0.5) is 0 Å². The van der Waals surface area contributed by atoms with Crippen LogP contribution in [0.3, 0.4) is 0 Å². The first-order chi connectivity index (χ1) is 6.43. The monoisotopic (exact) mass is 209 g/mol. The Labute approximate surface area is 86.5 Å². The number of benzene rings is 1. The number of aryl methyl sites for hydroxylation is 3. The summed E-state index contributed by atoms with van der Waals surface area (Å²) in [7, 11) is 2.00. The summed E-state index contributed by atoms with van der Waals surface area (Å²) in [5.74, 6) is -1.60. The van der Waals surface area contributed by atoms with E-state index in [-0.39, 0.29) is 5.78 Å². The first-order valence-corrected chi connectivity index (χ1v) is 5.13. The molecule has 0 amide bonds. The van der Waals surface area contributed by atoms with Crippen LogP contribution < -0.4 is 0 Å². The van der Waals surface area contributed by atoms with Crippen LogP contribution in [-0.4, -0.2) is 11.6 Å². The molecule has 2 nitrogen and oxygen atoms in total. The zero-order valence-electron chi connectivity index (χ0n) is 8.63. The Morgan fingerprint density at radius 2 is 1.64 bits per heavy atom. The van der Waals surface area contributed by atoms with Crippen LogP contribution in [0, 0.1) is 20.8 Å². The molecular formula is C11H14O2P. The van der Waals surface area contributed by atoms with Crippen molar-refractivity contribution < 1.29 is 9.90 Å². The summed E-state index contributed by atoms with van der Waals surface area (Å²) in [6.45, 7) is 5.70. The lowest BCUT2D eigenvalue weighted by Crippen LogP contribution is -2.14. The fourth-order valence-corrected chi connectivity index (χ4v) is 1.88. The third-order valence-electron chi connectivity index (χ3n) is 2.18. The largest absolute Gasteiger partial charge is 0.291 e. The molecule has 0 aliphatic carbocycles. The van der Waals surface area contributed by atoms with Crippen molar-refractivity contribution in [2.45, 2.75) is 26.6 Å². The molecule has 2 unspecified atom stereocenters. The van der Waals surface area contributed by atoms with Gasteiger partial charge in [-0.25, -0.2) is 5.11 Å². The van der Waals surface area contributed by atoms with Gasteiger partial charge >= 0.3 is 0 Å². The molecule has 0 spiro atoms. The zero-order valence-corrected chi connectivity index (χ0v) is 9.78. The topological polar surface area (TPSA) is 37.0 Å². The van der Waals surface area contributed by atoms with Crippen molar-refractivity contribution in [3.8, 4) is 0 Å². The van der Waals surface area contributed by atoms with Crippen LogP contribution in [0.2, 0.25) is 0 Å². The second-order valence-corrected chi connectivity index (χ2v) is 4.16. The maximum absolute atomic E-state index is 11.6. The zero-order chi connectivity index (χ0) is 10.9. The fourth-order valence-electron chi connectivity index (χ4n) is 1.71. The molecule has 1 aromatic carbocycles. The number of hydrogen-bond donors (Lipinski definition) is 0. The van der Waals surface area contributed by atoms with Gasteiger partial charge in [0.25, 0.3) is 0 Å². The third-order valence-corrected chi connectivity index (χ3v) is 2.48. The number of Topliss-reactive ketones (excluding diaryl/α,β-unsaturated/α-hetero) is 1. The van der Waals surface area contributed by atoms with Crippen LogP contribution in [0.15, 0.2) is 12.1 Å². The standard InChI is InChI=1S/C11H14O2P/c1-6-4-7(2)9(8(3)5-6)10(12)11(13)14/h4-5,11H,14H2,1-3H3. The van der Waals surface area contributed by atoms with E-state index in [2.05, 4.69) is 0 Å². The normalized spacial score (nSPS) is 12.6. The lowest BCUT2D eigenvalue weighted by molar-refractivity contribution is 0.0762. The highest BCUT2D eigenvalue weighted by molar-refractivity contribution is 7.19. The quantitative estimate of drug-likeness (QED) is 0.544. The molecule has 0 N–H and O–H groups in total. The Morgan fingerprint density at radius 1 is 1.21 bits per heavy atom. The van der Waals surface area contributed by atoms with Crippen LogP contribution in [0.25, 0.3) is 0 Å². The predicted octanol–water partition coefficient (Wildman–Crippen LogP) is 2.43. The minimum Gasteiger partial charge on any atom is -0.291 e. The van der Waals surface area contributed by atoms with E-state index in [1.165, 1.54) is 0 Å². The molecule has 0 heterocycles. The Kier molecular flexibility index (Phi) is 3.41. The van der Waals surface area contributed by atoms with Gasteiger partial charge in [0.15, 0.2) is 11.6 Å². The van der Waals surface area contributed by atoms with E-state index in [9.17, 15) is 9.90 Å². The van der Waals surface area contributed by atoms with E-state index >= 15 is 0 Å². The Morgan fingerprint density at radius 3 is 2.00 bits per heavy atom. The van der Waals surface area contributed by atoms with Crippen molar-refractivity contribution in [3.05, 3.63) is 34.4 Å². The van der Waals surface area contributed by atoms with Gasteiger partial charge in [-0.2, -0.15) is 0 Å². The summed E-state index contributed by atoms with van der Waals surface area (Å²) in [4.78, 5) is 11.6.